The summed E-state index contributed by atoms with van der Waals surface area (Å²) in [4.78, 5) is 0. The fourth-order valence-corrected chi connectivity index (χ4v) is 3.32. The van der Waals surface area contributed by atoms with E-state index in [1.54, 1.807) is 5.56 Å². The van der Waals surface area contributed by atoms with Gasteiger partial charge in [-0.15, -0.1) is 0 Å². The van der Waals surface area contributed by atoms with Crippen LogP contribution in [0.3, 0.4) is 0 Å². The van der Waals surface area contributed by atoms with Gasteiger partial charge in [-0.2, -0.15) is 0 Å². The van der Waals surface area contributed by atoms with Gasteiger partial charge in [0.1, 0.15) is 0 Å². The van der Waals surface area contributed by atoms with E-state index in [0.29, 0.717) is 5.41 Å². The molecule has 1 aromatic rings. The molecular weight excluding hydrogens is 296 g/mol. The molecule has 0 heterocycles. The van der Waals surface area contributed by atoms with E-state index in [1.807, 2.05) is 0 Å². The number of benzene rings is 1. The van der Waals surface area contributed by atoms with E-state index >= 15 is 0 Å². The van der Waals surface area contributed by atoms with Crippen LogP contribution in [0.1, 0.15) is 76.7 Å². The van der Waals surface area contributed by atoms with E-state index in [-0.39, 0.29) is 0 Å². The fraction of sp³-hybridized carbons (Fsp3) is 0.667. The Morgan fingerprint density at radius 3 is 2.05 bits per heavy atom. The molecule has 106 valence electrons. The van der Waals surface area contributed by atoms with Crippen molar-refractivity contribution < 1.29 is 0 Å². The van der Waals surface area contributed by atoms with E-state index in [1.165, 1.54) is 68.7 Å². The molecule has 0 unspecified atom stereocenters. The van der Waals surface area contributed by atoms with Gasteiger partial charge < -0.3 is 0 Å². The van der Waals surface area contributed by atoms with Crippen LogP contribution in [0.4, 0.5) is 0 Å². The predicted octanol–water partition coefficient (Wildman–Crippen LogP) is 6.62. The van der Waals surface area contributed by atoms with Crippen LogP contribution in [0.25, 0.3) is 0 Å². The van der Waals surface area contributed by atoms with Crippen molar-refractivity contribution in [2.45, 2.75) is 76.5 Å². The molecule has 1 aromatic carbocycles. The molecule has 0 amide bonds. The second kappa shape index (κ2) is 7.47. The van der Waals surface area contributed by atoms with Crippen molar-refractivity contribution in [1.82, 2.24) is 0 Å². The van der Waals surface area contributed by atoms with Crippen LogP contribution in [0.5, 0.6) is 0 Å². The highest BCUT2D eigenvalue weighted by Gasteiger charge is 2.43. The Bertz CT molecular complexity index is 362. The lowest BCUT2D eigenvalue weighted by Crippen LogP contribution is -2.06. The van der Waals surface area contributed by atoms with Gasteiger partial charge in [0.2, 0.25) is 0 Å². The Morgan fingerprint density at radius 1 is 0.895 bits per heavy atom. The third kappa shape index (κ3) is 4.63. The molecule has 1 aliphatic rings. The maximum atomic E-state index is 3.53. The smallest absolute Gasteiger partial charge is 0.0175 e. The average molecular weight is 323 g/mol. The molecule has 19 heavy (non-hydrogen) atoms. The van der Waals surface area contributed by atoms with E-state index in [2.05, 4.69) is 47.1 Å². The van der Waals surface area contributed by atoms with Gasteiger partial charge in [0.15, 0.2) is 0 Å². The number of halogens is 1. The molecule has 1 fully saturated rings. The van der Waals surface area contributed by atoms with E-state index < -0.39 is 0 Å². The van der Waals surface area contributed by atoms with Crippen LogP contribution >= 0.6 is 15.9 Å². The summed E-state index contributed by atoms with van der Waals surface area (Å²) >= 11 is 3.53. The summed E-state index contributed by atoms with van der Waals surface area (Å²) in [6.45, 7) is 2.29. The Morgan fingerprint density at radius 2 is 1.47 bits per heavy atom. The van der Waals surface area contributed by atoms with Gasteiger partial charge in [-0.1, -0.05) is 79.9 Å². The molecule has 1 heteroatoms. The Balaban J connectivity index is 1.66. The van der Waals surface area contributed by atoms with Gasteiger partial charge >= 0.3 is 0 Å². The van der Waals surface area contributed by atoms with Gasteiger partial charge in [-0.05, 0) is 42.4 Å². The second-order valence-electron chi connectivity index (χ2n) is 6.16. The molecular formula is C18H27Br. The first kappa shape index (κ1) is 15.1. The molecule has 0 atom stereocenters. The van der Waals surface area contributed by atoms with Gasteiger partial charge in [-0.25, -0.2) is 0 Å². The normalized spacial score (nSPS) is 16.5. The largest absolute Gasteiger partial charge is 0.0654 e. The molecule has 1 saturated carbocycles. The van der Waals surface area contributed by atoms with E-state index in [9.17, 15) is 0 Å². The van der Waals surface area contributed by atoms with Crippen molar-refractivity contribution in [3.05, 3.63) is 34.3 Å². The summed E-state index contributed by atoms with van der Waals surface area (Å²) in [5, 5.41) is 0. The van der Waals surface area contributed by atoms with Crippen LogP contribution < -0.4 is 0 Å². The zero-order valence-corrected chi connectivity index (χ0v) is 13.8. The molecule has 0 aromatic heterocycles. The molecule has 0 nitrogen and oxygen atoms in total. The van der Waals surface area contributed by atoms with Crippen LogP contribution in [0.2, 0.25) is 0 Å². The van der Waals surface area contributed by atoms with Crippen molar-refractivity contribution in [2.75, 3.05) is 0 Å². The molecule has 0 spiro atoms. The minimum absolute atomic E-state index is 0.560. The summed E-state index contributed by atoms with van der Waals surface area (Å²) in [5.41, 5.74) is 2.13. The zero-order chi connectivity index (χ0) is 13.6. The van der Waals surface area contributed by atoms with Gasteiger partial charge in [0.25, 0.3) is 0 Å². The zero-order valence-electron chi connectivity index (χ0n) is 12.3. The molecule has 2 rings (SSSR count). The van der Waals surface area contributed by atoms with Gasteiger partial charge in [0, 0.05) is 4.47 Å². The monoisotopic (exact) mass is 322 g/mol. The lowest BCUT2D eigenvalue weighted by Gasteiger charge is -2.15. The quantitative estimate of drug-likeness (QED) is 0.448. The minimum atomic E-state index is 0.560. The Hall–Kier alpha value is -0.300. The molecule has 0 aliphatic heterocycles. The standard InChI is InChI=1S/C18H27Br/c1-2-3-4-5-6-7-8-13-18(14-15-18)16-9-11-17(19)12-10-16/h9-12H,2-8,13-15H2,1H3. The van der Waals surface area contributed by atoms with Crippen molar-refractivity contribution in [3.8, 4) is 0 Å². The van der Waals surface area contributed by atoms with Crippen molar-refractivity contribution in [2.24, 2.45) is 0 Å². The topological polar surface area (TPSA) is 0 Å². The number of hydrogen-bond acceptors (Lipinski definition) is 0. The number of rotatable bonds is 9. The predicted molar refractivity (Wildman–Crippen MR) is 87.7 cm³/mol. The lowest BCUT2D eigenvalue weighted by molar-refractivity contribution is 0.525. The van der Waals surface area contributed by atoms with Crippen molar-refractivity contribution >= 4 is 15.9 Å². The van der Waals surface area contributed by atoms with Crippen LogP contribution in [0.15, 0.2) is 28.7 Å². The lowest BCUT2D eigenvalue weighted by atomic mass is 9.90. The summed E-state index contributed by atoms with van der Waals surface area (Å²) in [6.07, 6.45) is 14.2. The average Bonchev–Trinajstić information content (AvgIpc) is 3.20. The molecule has 0 bridgehead atoms. The maximum absolute atomic E-state index is 3.53. The molecule has 0 saturated heterocycles. The van der Waals surface area contributed by atoms with Gasteiger partial charge in [0.05, 0.1) is 0 Å². The summed E-state index contributed by atoms with van der Waals surface area (Å²) in [6, 6.07) is 9.02. The number of hydrogen-bond donors (Lipinski definition) is 0. The maximum Gasteiger partial charge on any atom is 0.0175 e. The van der Waals surface area contributed by atoms with Crippen molar-refractivity contribution in [3.63, 3.8) is 0 Å². The third-order valence-corrected chi connectivity index (χ3v) is 5.10. The van der Waals surface area contributed by atoms with Crippen molar-refractivity contribution in [1.29, 1.82) is 0 Å². The minimum Gasteiger partial charge on any atom is -0.0654 e. The van der Waals surface area contributed by atoms with E-state index in [0.717, 1.165) is 0 Å². The SMILES string of the molecule is CCCCCCCCCC1(c2ccc(Br)cc2)CC1. The second-order valence-corrected chi connectivity index (χ2v) is 7.07. The van der Waals surface area contributed by atoms with Crippen LogP contribution in [-0.2, 0) is 5.41 Å². The summed E-state index contributed by atoms with van der Waals surface area (Å²) in [7, 11) is 0. The Labute approximate surface area is 127 Å². The van der Waals surface area contributed by atoms with E-state index in [4.69, 9.17) is 0 Å². The molecule has 0 N–H and O–H groups in total. The highest BCUT2D eigenvalue weighted by Crippen LogP contribution is 2.52. The van der Waals surface area contributed by atoms with Gasteiger partial charge in [-0.3, -0.25) is 0 Å². The molecule has 0 radical (unpaired) electrons. The van der Waals surface area contributed by atoms with Crippen LogP contribution in [-0.4, -0.2) is 0 Å². The number of unbranched alkanes of at least 4 members (excludes halogenated alkanes) is 6. The summed E-state index contributed by atoms with van der Waals surface area (Å²) in [5.74, 6) is 0. The third-order valence-electron chi connectivity index (χ3n) is 4.57. The van der Waals surface area contributed by atoms with Crippen LogP contribution in [0, 0.1) is 0 Å². The fourth-order valence-electron chi connectivity index (χ4n) is 3.06. The first-order valence-electron chi connectivity index (χ1n) is 8.03. The first-order valence-corrected chi connectivity index (χ1v) is 8.82. The first-order chi connectivity index (χ1) is 9.27. The highest BCUT2D eigenvalue weighted by molar-refractivity contribution is 9.10. The molecule has 1 aliphatic carbocycles. The Kier molecular flexibility index (Phi) is 5.94. The summed E-state index contributed by atoms with van der Waals surface area (Å²) < 4.78 is 1.20. The highest BCUT2D eigenvalue weighted by atomic mass is 79.9.